The molecular weight excluding hydrogens is 151 g/mol. The second-order valence-electron chi connectivity index (χ2n) is 2.03. The standard InChI is InChI=1S/C9H13F.C2H6/c1-4-6-8(3)9(10)7-5-2;1-2/h4-7H,1-3H3;1-2H3/b6-4-,7-5+,9-8+;. The van der Waals surface area contributed by atoms with E-state index in [1.54, 1.807) is 26.0 Å². The maximum absolute atomic E-state index is 12.7. The first kappa shape index (κ1) is 13.7. The van der Waals surface area contributed by atoms with Crippen LogP contribution < -0.4 is 0 Å². The molecule has 0 saturated heterocycles. The van der Waals surface area contributed by atoms with Crippen LogP contribution in [0.25, 0.3) is 0 Å². The van der Waals surface area contributed by atoms with E-state index in [0.29, 0.717) is 5.57 Å². The number of hydrogen-bond acceptors (Lipinski definition) is 0. The summed E-state index contributed by atoms with van der Waals surface area (Å²) in [5.74, 6) is -0.166. The van der Waals surface area contributed by atoms with E-state index in [4.69, 9.17) is 0 Å². The first-order valence-electron chi connectivity index (χ1n) is 4.34. The predicted molar refractivity (Wildman–Crippen MR) is 54.8 cm³/mol. The molecule has 0 atom stereocenters. The van der Waals surface area contributed by atoms with Crippen molar-refractivity contribution in [3.05, 3.63) is 35.7 Å². The highest BCUT2D eigenvalue weighted by Crippen LogP contribution is 2.07. The molecule has 0 N–H and O–H groups in total. The van der Waals surface area contributed by atoms with Gasteiger partial charge in [-0.15, -0.1) is 0 Å². The Morgan fingerprint density at radius 2 is 1.42 bits per heavy atom. The summed E-state index contributed by atoms with van der Waals surface area (Å²) in [6.45, 7) is 9.41. The SMILES string of the molecule is CC.C\C=C/C(C)=C(F)\C=C\C. The fraction of sp³-hybridized carbons (Fsp3) is 0.455. The van der Waals surface area contributed by atoms with E-state index in [-0.39, 0.29) is 5.83 Å². The van der Waals surface area contributed by atoms with Gasteiger partial charge in [-0.1, -0.05) is 32.1 Å². The monoisotopic (exact) mass is 170 g/mol. The zero-order valence-corrected chi connectivity index (χ0v) is 8.69. The molecule has 0 aliphatic carbocycles. The van der Waals surface area contributed by atoms with Gasteiger partial charge in [0.1, 0.15) is 5.83 Å². The normalized spacial score (nSPS) is 12.8. The number of allylic oxidation sites excluding steroid dienone is 6. The average molecular weight is 170 g/mol. The zero-order chi connectivity index (χ0) is 9.98. The Labute approximate surface area is 75.5 Å². The minimum absolute atomic E-state index is 0.166. The topological polar surface area (TPSA) is 0 Å². The molecule has 0 aliphatic rings. The van der Waals surface area contributed by atoms with E-state index < -0.39 is 0 Å². The molecule has 0 aliphatic heterocycles. The van der Waals surface area contributed by atoms with Gasteiger partial charge >= 0.3 is 0 Å². The van der Waals surface area contributed by atoms with Crippen LogP contribution in [0.1, 0.15) is 34.6 Å². The van der Waals surface area contributed by atoms with Crippen LogP contribution in [0.2, 0.25) is 0 Å². The largest absolute Gasteiger partial charge is 0.207 e. The Hall–Kier alpha value is -0.850. The van der Waals surface area contributed by atoms with E-state index in [2.05, 4.69) is 0 Å². The van der Waals surface area contributed by atoms with Crippen LogP contribution in [0.3, 0.4) is 0 Å². The fourth-order valence-corrected chi connectivity index (χ4v) is 0.607. The molecule has 0 bridgehead atoms. The van der Waals surface area contributed by atoms with Crippen molar-refractivity contribution >= 4 is 0 Å². The number of rotatable bonds is 2. The first-order chi connectivity index (χ1) is 5.72. The van der Waals surface area contributed by atoms with Gasteiger partial charge in [-0.25, -0.2) is 4.39 Å². The lowest BCUT2D eigenvalue weighted by Gasteiger charge is -1.90. The summed E-state index contributed by atoms with van der Waals surface area (Å²) < 4.78 is 12.7. The highest BCUT2D eigenvalue weighted by molar-refractivity contribution is 5.26. The lowest BCUT2D eigenvalue weighted by molar-refractivity contribution is 0.658. The number of halogens is 1. The third-order valence-electron chi connectivity index (χ3n) is 1.11. The van der Waals surface area contributed by atoms with Crippen molar-refractivity contribution in [2.24, 2.45) is 0 Å². The van der Waals surface area contributed by atoms with Crippen LogP contribution in [-0.2, 0) is 0 Å². The molecule has 0 spiro atoms. The Balaban J connectivity index is 0. The molecule has 0 nitrogen and oxygen atoms in total. The molecule has 0 radical (unpaired) electrons. The Morgan fingerprint density at radius 1 is 1.00 bits per heavy atom. The lowest BCUT2D eigenvalue weighted by Crippen LogP contribution is -1.72. The highest BCUT2D eigenvalue weighted by Gasteiger charge is 1.89. The van der Waals surface area contributed by atoms with Gasteiger partial charge in [0.25, 0.3) is 0 Å². The summed E-state index contributed by atoms with van der Waals surface area (Å²) in [6.07, 6.45) is 6.70. The van der Waals surface area contributed by atoms with Crippen molar-refractivity contribution in [1.82, 2.24) is 0 Å². The molecule has 0 amide bonds. The van der Waals surface area contributed by atoms with E-state index in [1.165, 1.54) is 6.08 Å². The molecule has 0 aromatic carbocycles. The van der Waals surface area contributed by atoms with E-state index in [9.17, 15) is 4.39 Å². The molecule has 0 unspecified atom stereocenters. The van der Waals surface area contributed by atoms with Crippen LogP contribution in [0.5, 0.6) is 0 Å². The van der Waals surface area contributed by atoms with Gasteiger partial charge in [-0.2, -0.15) is 0 Å². The second-order valence-corrected chi connectivity index (χ2v) is 2.03. The van der Waals surface area contributed by atoms with Crippen molar-refractivity contribution in [3.63, 3.8) is 0 Å². The van der Waals surface area contributed by atoms with Crippen molar-refractivity contribution in [2.45, 2.75) is 34.6 Å². The quantitative estimate of drug-likeness (QED) is 0.538. The Kier molecular flexibility index (Phi) is 11.6. The molecule has 0 fully saturated rings. The van der Waals surface area contributed by atoms with Crippen LogP contribution in [-0.4, -0.2) is 0 Å². The molecule has 12 heavy (non-hydrogen) atoms. The van der Waals surface area contributed by atoms with Gasteiger partial charge in [-0.3, -0.25) is 0 Å². The van der Waals surface area contributed by atoms with Crippen molar-refractivity contribution in [1.29, 1.82) is 0 Å². The van der Waals surface area contributed by atoms with E-state index >= 15 is 0 Å². The molecule has 70 valence electrons. The van der Waals surface area contributed by atoms with E-state index in [1.807, 2.05) is 26.8 Å². The van der Waals surface area contributed by atoms with Crippen molar-refractivity contribution in [3.8, 4) is 0 Å². The molecule has 0 saturated carbocycles. The van der Waals surface area contributed by atoms with Crippen LogP contribution >= 0.6 is 0 Å². The van der Waals surface area contributed by atoms with Gasteiger partial charge in [0.15, 0.2) is 0 Å². The summed E-state index contributed by atoms with van der Waals surface area (Å²) in [6, 6.07) is 0. The fourth-order valence-electron chi connectivity index (χ4n) is 0.607. The lowest BCUT2D eigenvalue weighted by atomic mass is 10.2. The molecule has 0 aromatic heterocycles. The molecule has 0 aromatic rings. The van der Waals surface area contributed by atoms with Gasteiger partial charge in [0.2, 0.25) is 0 Å². The summed E-state index contributed by atoms with van der Waals surface area (Å²) in [4.78, 5) is 0. The first-order valence-corrected chi connectivity index (χ1v) is 4.34. The molecule has 0 rings (SSSR count). The minimum atomic E-state index is -0.166. The van der Waals surface area contributed by atoms with E-state index in [0.717, 1.165) is 0 Å². The highest BCUT2D eigenvalue weighted by atomic mass is 19.1. The summed E-state index contributed by atoms with van der Waals surface area (Å²) in [5, 5.41) is 0. The minimum Gasteiger partial charge on any atom is -0.207 e. The molecule has 1 heteroatoms. The predicted octanol–water partition coefficient (Wildman–Crippen LogP) is 4.41. The maximum atomic E-state index is 12.7. The smallest absolute Gasteiger partial charge is 0.125 e. The van der Waals surface area contributed by atoms with Gasteiger partial charge in [-0.05, 0) is 32.4 Å². The van der Waals surface area contributed by atoms with Crippen LogP contribution in [0, 0.1) is 0 Å². The Bertz CT molecular complexity index is 153. The summed E-state index contributed by atoms with van der Waals surface area (Å²) in [7, 11) is 0. The third kappa shape index (κ3) is 7.26. The van der Waals surface area contributed by atoms with Crippen LogP contribution in [0.15, 0.2) is 35.7 Å². The zero-order valence-electron chi connectivity index (χ0n) is 8.69. The molecule has 0 heterocycles. The average Bonchev–Trinajstić information content (AvgIpc) is 2.09. The third-order valence-corrected chi connectivity index (χ3v) is 1.11. The van der Waals surface area contributed by atoms with Gasteiger partial charge in [0, 0.05) is 0 Å². The molecular formula is C11H19F. The second kappa shape index (κ2) is 10.2. The summed E-state index contributed by atoms with van der Waals surface area (Å²) >= 11 is 0. The summed E-state index contributed by atoms with van der Waals surface area (Å²) in [5.41, 5.74) is 0.667. The van der Waals surface area contributed by atoms with Crippen molar-refractivity contribution < 1.29 is 4.39 Å². The van der Waals surface area contributed by atoms with Gasteiger partial charge < -0.3 is 0 Å². The number of hydrogen-bond donors (Lipinski definition) is 0. The van der Waals surface area contributed by atoms with Crippen LogP contribution in [0.4, 0.5) is 4.39 Å². The maximum Gasteiger partial charge on any atom is 0.125 e. The Morgan fingerprint density at radius 3 is 1.75 bits per heavy atom. The van der Waals surface area contributed by atoms with Crippen molar-refractivity contribution in [2.75, 3.05) is 0 Å². The van der Waals surface area contributed by atoms with Gasteiger partial charge in [0.05, 0.1) is 0 Å².